The number of rotatable bonds is 7. The van der Waals surface area contributed by atoms with Crippen molar-refractivity contribution in [3.8, 4) is 23.0 Å². The molecule has 0 radical (unpaired) electrons. The van der Waals surface area contributed by atoms with E-state index in [2.05, 4.69) is 4.74 Å². The quantitative estimate of drug-likeness (QED) is 0.323. The van der Waals surface area contributed by atoms with Gasteiger partial charge in [0.25, 0.3) is 0 Å². The van der Waals surface area contributed by atoms with E-state index in [1.165, 1.54) is 38.7 Å². The molecule has 2 rings (SSSR count). The summed E-state index contributed by atoms with van der Waals surface area (Å²) in [6.07, 6.45) is 5.46. The predicted molar refractivity (Wildman–Crippen MR) is 103 cm³/mol. The Labute approximate surface area is 162 Å². The van der Waals surface area contributed by atoms with Gasteiger partial charge in [0.05, 0.1) is 20.5 Å². The van der Waals surface area contributed by atoms with Crippen LogP contribution in [-0.2, 0) is 9.53 Å². The van der Waals surface area contributed by atoms with Crippen LogP contribution in [0.1, 0.15) is 11.1 Å². The molecular weight excluding hydrogens is 368 g/mol. The number of hydrogen-bond donors (Lipinski definition) is 4. The normalized spacial score (nSPS) is 10.4. The van der Waals surface area contributed by atoms with Gasteiger partial charge < -0.3 is 34.6 Å². The van der Waals surface area contributed by atoms with Crippen molar-refractivity contribution < 1.29 is 39.4 Å². The Morgan fingerprint density at radius 1 is 0.929 bits per heavy atom. The van der Waals surface area contributed by atoms with E-state index >= 15 is 0 Å². The smallest absolute Gasteiger partial charge is 0.328 e. The number of aliphatic carboxylic acids is 1. The fraction of sp³-hybridized carbons (Fsp3) is 0.150. The van der Waals surface area contributed by atoms with Gasteiger partial charge in [-0.25, -0.2) is 4.79 Å². The molecule has 4 N–H and O–H groups in total. The average molecular weight is 390 g/mol. The molecule has 8 nitrogen and oxygen atoms in total. The van der Waals surface area contributed by atoms with Crippen LogP contribution in [-0.4, -0.2) is 47.4 Å². The average Bonchev–Trinajstić information content (AvgIpc) is 2.69. The number of aromatic hydroxyl groups is 2. The van der Waals surface area contributed by atoms with E-state index in [9.17, 15) is 15.0 Å². The number of ether oxygens (including phenoxy) is 3. The molecule has 0 bridgehead atoms. The van der Waals surface area contributed by atoms with Crippen LogP contribution in [0.3, 0.4) is 0 Å². The van der Waals surface area contributed by atoms with Crippen LogP contribution in [0.4, 0.5) is 0 Å². The van der Waals surface area contributed by atoms with Crippen LogP contribution in [0.25, 0.3) is 12.2 Å². The minimum Gasteiger partial charge on any atom is -0.504 e. The van der Waals surface area contributed by atoms with Crippen LogP contribution in [0.5, 0.6) is 23.0 Å². The number of carbonyl (C=O) groups is 1. The lowest BCUT2D eigenvalue weighted by Gasteiger charge is -2.03. The van der Waals surface area contributed by atoms with Crippen LogP contribution >= 0.6 is 0 Å². The monoisotopic (exact) mass is 390 g/mol. The fourth-order valence-electron chi connectivity index (χ4n) is 1.93. The van der Waals surface area contributed by atoms with Crippen LogP contribution < -0.4 is 9.47 Å². The molecule has 0 unspecified atom stereocenters. The molecule has 8 heteroatoms. The second kappa shape index (κ2) is 11.9. The zero-order chi connectivity index (χ0) is 20.9. The molecule has 0 amide bonds. The number of phenolic OH excluding ortho intramolecular Hbond substituents is 2. The Bertz CT molecular complexity index is 827. The first-order valence-corrected chi connectivity index (χ1v) is 7.95. The molecule has 0 atom stereocenters. The van der Waals surface area contributed by atoms with Gasteiger partial charge in [-0.15, -0.1) is 0 Å². The van der Waals surface area contributed by atoms with Crippen molar-refractivity contribution in [1.29, 1.82) is 0 Å². The first-order valence-electron chi connectivity index (χ1n) is 7.95. The van der Waals surface area contributed by atoms with Gasteiger partial charge in [0, 0.05) is 6.08 Å². The highest BCUT2D eigenvalue weighted by atomic mass is 16.6. The van der Waals surface area contributed by atoms with Crippen molar-refractivity contribution in [1.82, 2.24) is 0 Å². The van der Waals surface area contributed by atoms with Gasteiger partial charge in [-0.3, -0.25) is 0 Å². The summed E-state index contributed by atoms with van der Waals surface area (Å²) in [6.45, 7) is -0.355. The zero-order valence-corrected chi connectivity index (χ0v) is 15.4. The highest BCUT2D eigenvalue weighted by molar-refractivity contribution is 5.85. The fourth-order valence-corrected chi connectivity index (χ4v) is 1.93. The van der Waals surface area contributed by atoms with E-state index in [1.54, 1.807) is 30.3 Å². The lowest BCUT2D eigenvalue weighted by molar-refractivity contribution is -0.131. The second-order valence-electron chi connectivity index (χ2n) is 5.13. The first kappa shape index (κ1) is 22.4. The maximum absolute atomic E-state index is 10.2. The van der Waals surface area contributed by atoms with Gasteiger partial charge >= 0.3 is 5.97 Å². The van der Waals surface area contributed by atoms with Gasteiger partial charge in [-0.2, -0.15) is 0 Å². The Morgan fingerprint density at radius 2 is 1.43 bits per heavy atom. The minimum absolute atomic E-state index is 0.0278. The molecule has 28 heavy (non-hydrogen) atoms. The number of methoxy groups -OCH3 is 2. The summed E-state index contributed by atoms with van der Waals surface area (Å²) >= 11 is 0. The Balaban J connectivity index is 0.000000280. The molecule has 0 saturated heterocycles. The maximum Gasteiger partial charge on any atom is 0.328 e. The van der Waals surface area contributed by atoms with Crippen molar-refractivity contribution in [3.05, 3.63) is 59.9 Å². The van der Waals surface area contributed by atoms with Crippen molar-refractivity contribution in [2.45, 2.75) is 0 Å². The number of aliphatic hydroxyl groups is 1. The predicted octanol–water partition coefficient (Wildman–Crippen LogP) is 2.84. The summed E-state index contributed by atoms with van der Waals surface area (Å²) in [4.78, 5) is 10.2. The molecule has 0 heterocycles. The van der Waals surface area contributed by atoms with Crippen molar-refractivity contribution in [2.75, 3.05) is 21.0 Å². The summed E-state index contributed by atoms with van der Waals surface area (Å²) < 4.78 is 14.4. The lowest BCUT2D eigenvalue weighted by atomic mass is 10.2. The van der Waals surface area contributed by atoms with Gasteiger partial charge in [-0.05, 0) is 47.5 Å². The van der Waals surface area contributed by atoms with Crippen LogP contribution in [0, 0.1) is 0 Å². The van der Waals surface area contributed by atoms with Gasteiger partial charge in [0.2, 0.25) is 0 Å². The Kier molecular flexibility index (Phi) is 9.49. The van der Waals surface area contributed by atoms with Crippen molar-refractivity contribution in [3.63, 3.8) is 0 Å². The molecule has 0 aliphatic rings. The number of aliphatic hydroxyl groups excluding tert-OH is 1. The third-order valence-corrected chi connectivity index (χ3v) is 3.26. The summed E-state index contributed by atoms with van der Waals surface area (Å²) in [5.41, 5.74) is 1.47. The van der Waals surface area contributed by atoms with Gasteiger partial charge in [-0.1, -0.05) is 12.1 Å². The minimum atomic E-state index is -1.02. The molecule has 150 valence electrons. The summed E-state index contributed by atoms with van der Waals surface area (Å²) in [5.74, 6) is -0.182. The Hall–Kier alpha value is -3.65. The van der Waals surface area contributed by atoms with E-state index < -0.39 is 5.97 Å². The molecule has 2 aromatic rings. The number of hydrogen-bond acceptors (Lipinski definition) is 7. The van der Waals surface area contributed by atoms with E-state index in [0.29, 0.717) is 17.1 Å². The molecular formula is C20H22O8. The van der Waals surface area contributed by atoms with E-state index in [-0.39, 0.29) is 18.3 Å². The van der Waals surface area contributed by atoms with E-state index in [1.807, 2.05) is 0 Å². The zero-order valence-electron chi connectivity index (χ0n) is 15.4. The van der Waals surface area contributed by atoms with Crippen molar-refractivity contribution in [2.24, 2.45) is 0 Å². The third-order valence-electron chi connectivity index (χ3n) is 3.26. The topological polar surface area (TPSA) is 126 Å². The second-order valence-corrected chi connectivity index (χ2v) is 5.13. The van der Waals surface area contributed by atoms with E-state index in [0.717, 1.165) is 11.6 Å². The summed E-state index contributed by atoms with van der Waals surface area (Å²) in [7, 11) is 2.91. The third kappa shape index (κ3) is 7.71. The summed E-state index contributed by atoms with van der Waals surface area (Å²) in [5, 5.41) is 35.3. The number of carboxylic acid groups (broad SMARTS) is 1. The number of phenols is 2. The molecule has 0 spiro atoms. The molecule has 0 aliphatic carbocycles. The maximum atomic E-state index is 10.2. The summed E-state index contributed by atoms with van der Waals surface area (Å²) in [6, 6.07) is 9.48. The molecule has 2 aromatic carbocycles. The molecule has 0 saturated carbocycles. The van der Waals surface area contributed by atoms with Gasteiger partial charge in [0.15, 0.2) is 29.8 Å². The Morgan fingerprint density at radius 3 is 1.86 bits per heavy atom. The highest BCUT2D eigenvalue weighted by Crippen LogP contribution is 2.27. The highest BCUT2D eigenvalue weighted by Gasteiger charge is 2.01. The van der Waals surface area contributed by atoms with Gasteiger partial charge in [0.1, 0.15) is 0 Å². The molecule has 0 aliphatic heterocycles. The largest absolute Gasteiger partial charge is 0.504 e. The first-order chi connectivity index (χ1) is 13.4. The van der Waals surface area contributed by atoms with Crippen molar-refractivity contribution >= 4 is 18.1 Å². The number of benzene rings is 2. The number of carboxylic acids is 1. The molecule has 0 fully saturated rings. The van der Waals surface area contributed by atoms with E-state index in [4.69, 9.17) is 19.7 Å². The van der Waals surface area contributed by atoms with Crippen LogP contribution in [0.2, 0.25) is 0 Å². The standard InChI is InChI=1S/C10H10O4.C10H12O4/c1-14-9-6-7(2-4-8(9)11)3-5-10(12)13;1-13-10-6-8(2-3-9(10)12)4-5-14-7-11/h2-6,11H,1H3,(H,12,13);2-6,11-12H,7H2,1H3/b5-3+;5-4-. The molecule has 0 aromatic heterocycles. The van der Waals surface area contributed by atoms with Crippen LogP contribution in [0.15, 0.2) is 48.7 Å². The lowest BCUT2D eigenvalue weighted by Crippen LogP contribution is -1.87. The SMILES string of the molecule is COc1cc(/C=C/C(=O)O)ccc1O.COc1cc(/C=C\OCO)ccc1O.